The minimum Gasteiger partial charge on any atom is -0.340 e. The van der Waals surface area contributed by atoms with Crippen LogP contribution in [0.4, 0.5) is 13.2 Å². The molecule has 2 amide bonds. The molecule has 0 saturated carbocycles. The lowest BCUT2D eigenvalue weighted by Gasteiger charge is -2.26. The van der Waals surface area contributed by atoms with Crippen LogP contribution in [-0.4, -0.2) is 47.3 Å². The van der Waals surface area contributed by atoms with Gasteiger partial charge in [0.15, 0.2) is 0 Å². The Morgan fingerprint density at radius 1 is 1.25 bits per heavy atom. The molecule has 0 aromatic heterocycles. The minimum absolute atomic E-state index is 0.0467. The lowest BCUT2D eigenvalue weighted by molar-refractivity contribution is -0.138. The summed E-state index contributed by atoms with van der Waals surface area (Å²) < 4.78 is 38.3. The summed E-state index contributed by atoms with van der Waals surface area (Å²) in [5.74, 6) is -0.164. The summed E-state index contributed by atoms with van der Waals surface area (Å²) in [5, 5.41) is 0. The maximum atomic E-state index is 12.8. The van der Waals surface area contributed by atoms with E-state index in [1.807, 2.05) is 4.90 Å². The van der Waals surface area contributed by atoms with Gasteiger partial charge in [-0.25, -0.2) is 0 Å². The monoisotopic (exact) mass is 340 g/mol. The third kappa shape index (κ3) is 3.55. The molecule has 2 aliphatic rings. The van der Waals surface area contributed by atoms with Crippen molar-refractivity contribution in [3.8, 4) is 0 Å². The number of nitrogens with zero attached hydrogens (tertiary/aromatic N) is 2. The predicted molar refractivity (Wildman–Crippen MR) is 81.1 cm³/mol. The number of hydrogen-bond acceptors (Lipinski definition) is 2. The van der Waals surface area contributed by atoms with Crippen molar-refractivity contribution in [3.63, 3.8) is 0 Å². The average Bonchev–Trinajstić information content (AvgIpc) is 2.92. The van der Waals surface area contributed by atoms with Crippen molar-refractivity contribution in [1.82, 2.24) is 9.80 Å². The molecular formula is C17H19F3N2O2. The quantitative estimate of drug-likeness (QED) is 0.830. The first-order chi connectivity index (χ1) is 11.3. The Hall–Kier alpha value is -2.05. The van der Waals surface area contributed by atoms with Crippen molar-refractivity contribution in [1.29, 1.82) is 0 Å². The first-order valence-electron chi connectivity index (χ1n) is 8.08. The Bertz CT molecular complexity index is 645. The van der Waals surface area contributed by atoms with E-state index in [2.05, 4.69) is 0 Å². The molecule has 2 saturated heterocycles. The summed E-state index contributed by atoms with van der Waals surface area (Å²) in [6, 6.07) is 4.90. The highest BCUT2D eigenvalue weighted by Gasteiger charge is 2.35. The van der Waals surface area contributed by atoms with Crippen molar-refractivity contribution in [3.05, 3.63) is 35.4 Å². The number of alkyl halides is 3. The van der Waals surface area contributed by atoms with E-state index in [9.17, 15) is 22.8 Å². The molecule has 24 heavy (non-hydrogen) atoms. The number of rotatable bonds is 2. The molecule has 0 N–H and O–H groups in total. The lowest BCUT2D eigenvalue weighted by Crippen LogP contribution is -2.41. The maximum Gasteiger partial charge on any atom is 0.416 e. The lowest BCUT2D eigenvalue weighted by atomic mass is 10.1. The highest BCUT2D eigenvalue weighted by molar-refractivity contribution is 5.82. The summed E-state index contributed by atoms with van der Waals surface area (Å²) >= 11 is 0. The summed E-state index contributed by atoms with van der Waals surface area (Å²) in [4.78, 5) is 28.0. The largest absolute Gasteiger partial charge is 0.416 e. The average molecular weight is 340 g/mol. The van der Waals surface area contributed by atoms with Crippen LogP contribution in [0.15, 0.2) is 24.3 Å². The zero-order chi connectivity index (χ0) is 17.3. The molecule has 2 fully saturated rings. The van der Waals surface area contributed by atoms with Gasteiger partial charge in [0.1, 0.15) is 0 Å². The third-order valence-electron chi connectivity index (χ3n) is 4.69. The summed E-state index contributed by atoms with van der Waals surface area (Å²) in [5.41, 5.74) is -0.408. The van der Waals surface area contributed by atoms with Gasteiger partial charge in [0.2, 0.25) is 11.8 Å². The van der Waals surface area contributed by atoms with Gasteiger partial charge in [-0.2, -0.15) is 13.2 Å². The molecule has 130 valence electrons. The fourth-order valence-corrected chi connectivity index (χ4v) is 3.44. The molecule has 4 nitrogen and oxygen atoms in total. The Morgan fingerprint density at radius 3 is 2.79 bits per heavy atom. The smallest absolute Gasteiger partial charge is 0.340 e. The van der Waals surface area contributed by atoms with Gasteiger partial charge in [-0.3, -0.25) is 9.59 Å². The molecule has 7 heteroatoms. The van der Waals surface area contributed by atoms with Crippen LogP contribution in [0.1, 0.15) is 30.4 Å². The Balaban J connectivity index is 1.69. The van der Waals surface area contributed by atoms with E-state index < -0.39 is 11.7 Å². The third-order valence-corrected chi connectivity index (χ3v) is 4.69. The summed E-state index contributed by atoms with van der Waals surface area (Å²) in [7, 11) is 0. The molecule has 1 atom stereocenters. The topological polar surface area (TPSA) is 40.6 Å². The van der Waals surface area contributed by atoms with Crippen LogP contribution in [0.5, 0.6) is 0 Å². The van der Waals surface area contributed by atoms with Gasteiger partial charge >= 0.3 is 6.18 Å². The SMILES string of the molecule is O=C(Cc1cccc(C(F)(F)F)c1)N1CCC(=O)N2CCCC2C1. The second-order valence-corrected chi connectivity index (χ2v) is 6.35. The van der Waals surface area contributed by atoms with Gasteiger partial charge in [-0.1, -0.05) is 18.2 Å². The summed E-state index contributed by atoms with van der Waals surface area (Å²) in [6.45, 7) is 1.55. The van der Waals surface area contributed by atoms with Crippen molar-refractivity contribution < 1.29 is 22.8 Å². The van der Waals surface area contributed by atoms with Crippen LogP contribution in [0, 0.1) is 0 Å². The number of halogens is 3. The zero-order valence-corrected chi connectivity index (χ0v) is 13.2. The Labute approximate surface area is 138 Å². The normalized spacial score (nSPS) is 21.6. The van der Waals surface area contributed by atoms with Crippen LogP contribution >= 0.6 is 0 Å². The van der Waals surface area contributed by atoms with E-state index >= 15 is 0 Å². The van der Waals surface area contributed by atoms with Crippen molar-refractivity contribution in [2.24, 2.45) is 0 Å². The fourth-order valence-electron chi connectivity index (χ4n) is 3.44. The molecule has 0 spiro atoms. The van der Waals surface area contributed by atoms with E-state index in [1.165, 1.54) is 12.1 Å². The van der Waals surface area contributed by atoms with Crippen LogP contribution in [0.3, 0.4) is 0 Å². The van der Waals surface area contributed by atoms with Crippen LogP contribution in [0.25, 0.3) is 0 Å². The van der Waals surface area contributed by atoms with E-state index in [0.717, 1.165) is 31.5 Å². The fraction of sp³-hybridized carbons (Fsp3) is 0.529. The van der Waals surface area contributed by atoms with Gasteiger partial charge in [-0.15, -0.1) is 0 Å². The number of benzene rings is 1. The molecule has 1 aromatic rings. The second-order valence-electron chi connectivity index (χ2n) is 6.35. The molecule has 1 unspecified atom stereocenters. The summed E-state index contributed by atoms with van der Waals surface area (Å²) in [6.07, 6.45) is -2.40. The highest BCUT2D eigenvalue weighted by atomic mass is 19.4. The van der Waals surface area contributed by atoms with Gasteiger partial charge < -0.3 is 9.80 Å². The van der Waals surface area contributed by atoms with E-state index in [0.29, 0.717) is 18.7 Å². The standard InChI is InChI=1S/C17H19F3N2O2/c18-17(19,20)13-4-1-3-12(9-13)10-16(24)21-8-6-15(23)22-7-2-5-14(22)11-21/h1,3-4,9,14H,2,5-8,10-11H2. The number of fused-ring (bicyclic) bond motifs is 1. The second kappa shape index (κ2) is 6.45. The van der Waals surface area contributed by atoms with Crippen LogP contribution in [0.2, 0.25) is 0 Å². The van der Waals surface area contributed by atoms with Gasteiger partial charge in [0.05, 0.1) is 12.0 Å². The van der Waals surface area contributed by atoms with E-state index in [1.54, 1.807) is 4.90 Å². The van der Waals surface area contributed by atoms with Gasteiger partial charge in [0, 0.05) is 32.1 Å². The molecule has 1 aromatic carbocycles. The van der Waals surface area contributed by atoms with Gasteiger partial charge in [0.25, 0.3) is 0 Å². The van der Waals surface area contributed by atoms with Crippen molar-refractivity contribution in [2.75, 3.05) is 19.6 Å². The molecule has 3 rings (SSSR count). The predicted octanol–water partition coefficient (Wildman–Crippen LogP) is 2.47. The number of amides is 2. The Kier molecular flexibility index (Phi) is 4.51. The van der Waals surface area contributed by atoms with Crippen LogP contribution in [-0.2, 0) is 22.2 Å². The maximum absolute atomic E-state index is 12.8. The highest BCUT2D eigenvalue weighted by Crippen LogP contribution is 2.30. The molecule has 2 aliphatic heterocycles. The van der Waals surface area contributed by atoms with Gasteiger partial charge in [-0.05, 0) is 24.5 Å². The van der Waals surface area contributed by atoms with E-state index in [-0.39, 0.29) is 30.7 Å². The first-order valence-corrected chi connectivity index (χ1v) is 8.08. The zero-order valence-electron chi connectivity index (χ0n) is 13.2. The molecule has 2 heterocycles. The number of carbonyl (C=O) groups is 2. The molecule has 0 bridgehead atoms. The minimum atomic E-state index is -4.42. The number of carbonyl (C=O) groups excluding carboxylic acids is 2. The first kappa shape index (κ1) is 16.8. The van der Waals surface area contributed by atoms with Crippen molar-refractivity contribution >= 4 is 11.8 Å². The van der Waals surface area contributed by atoms with Crippen LogP contribution < -0.4 is 0 Å². The Morgan fingerprint density at radius 2 is 2.04 bits per heavy atom. The molecule has 0 radical (unpaired) electrons. The van der Waals surface area contributed by atoms with E-state index in [4.69, 9.17) is 0 Å². The van der Waals surface area contributed by atoms with Crippen molar-refractivity contribution in [2.45, 2.75) is 37.9 Å². The number of hydrogen-bond donors (Lipinski definition) is 0. The molecular weight excluding hydrogens is 321 g/mol. The molecule has 0 aliphatic carbocycles.